The lowest BCUT2D eigenvalue weighted by Crippen LogP contribution is -2.11. The van der Waals surface area contributed by atoms with E-state index in [1.54, 1.807) is 12.1 Å². The molecule has 13 heavy (non-hydrogen) atoms. The van der Waals surface area contributed by atoms with Gasteiger partial charge in [0, 0.05) is 0 Å². The molecule has 0 amide bonds. The fraction of sp³-hybridized carbons (Fsp3) is 0.333. The second-order valence-corrected chi connectivity index (χ2v) is 2.64. The number of rotatable bonds is 2. The maximum Gasteiger partial charge on any atom is 0.393 e. The van der Waals surface area contributed by atoms with Gasteiger partial charge in [0.2, 0.25) is 0 Å². The molecule has 0 unspecified atom stereocenters. The monoisotopic (exact) mass is 190 g/mol. The lowest BCUT2D eigenvalue weighted by atomic mass is 10.1. The highest BCUT2D eigenvalue weighted by atomic mass is 19.4. The van der Waals surface area contributed by atoms with Crippen LogP contribution < -0.4 is 4.74 Å². The van der Waals surface area contributed by atoms with Crippen molar-refractivity contribution < 1.29 is 17.9 Å². The summed E-state index contributed by atoms with van der Waals surface area (Å²) in [7, 11) is 1.42. The largest absolute Gasteiger partial charge is 0.497 e. The first-order valence-corrected chi connectivity index (χ1v) is 3.71. The zero-order valence-electron chi connectivity index (χ0n) is 7.06. The fourth-order valence-electron chi connectivity index (χ4n) is 1.01. The van der Waals surface area contributed by atoms with Crippen LogP contribution in [0.1, 0.15) is 5.56 Å². The van der Waals surface area contributed by atoms with Crippen LogP contribution in [0.4, 0.5) is 13.2 Å². The Hall–Kier alpha value is -1.19. The maximum absolute atomic E-state index is 11.9. The summed E-state index contributed by atoms with van der Waals surface area (Å²) in [6, 6.07) is 5.96. The van der Waals surface area contributed by atoms with E-state index in [-0.39, 0.29) is 5.56 Å². The second kappa shape index (κ2) is 3.68. The number of halogens is 3. The lowest BCUT2D eigenvalue weighted by molar-refractivity contribution is -0.127. The molecule has 1 nitrogen and oxygen atoms in total. The van der Waals surface area contributed by atoms with E-state index in [0.717, 1.165) is 0 Å². The molecule has 0 fully saturated rings. The number of hydrogen-bond acceptors (Lipinski definition) is 1. The third kappa shape index (κ3) is 3.36. The van der Waals surface area contributed by atoms with Crippen molar-refractivity contribution in [2.24, 2.45) is 0 Å². The summed E-state index contributed by atoms with van der Waals surface area (Å²) in [5, 5.41) is 0. The lowest BCUT2D eigenvalue weighted by Gasteiger charge is -2.07. The Kier molecular flexibility index (Phi) is 2.80. The average Bonchev–Trinajstić information content (AvgIpc) is 2.01. The highest BCUT2D eigenvalue weighted by Crippen LogP contribution is 2.23. The van der Waals surface area contributed by atoms with E-state index >= 15 is 0 Å². The van der Waals surface area contributed by atoms with E-state index in [2.05, 4.69) is 0 Å². The van der Waals surface area contributed by atoms with Crippen LogP contribution in [-0.4, -0.2) is 13.3 Å². The summed E-state index contributed by atoms with van der Waals surface area (Å²) in [6.45, 7) is 0. The Morgan fingerprint density at radius 1 is 1.31 bits per heavy atom. The summed E-state index contributed by atoms with van der Waals surface area (Å²) in [5.74, 6) is 0.446. The molecule has 4 heteroatoms. The van der Waals surface area contributed by atoms with Crippen molar-refractivity contribution in [3.05, 3.63) is 29.8 Å². The summed E-state index contributed by atoms with van der Waals surface area (Å²) in [5.41, 5.74) is 0.215. The van der Waals surface area contributed by atoms with Crippen molar-refractivity contribution in [3.8, 4) is 5.75 Å². The molecular weight excluding hydrogens is 181 g/mol. The van der Waals surface area contributed by atoms with Crippen molar-refractivity contribution in [1.82, 2.24) is 0 Å². The fourth-order valence-corrected chi connectivity index (χ4v) is 1.01. The summed E-state index contributed by atoms with van der Waals surface area (Å²) >= 11 is 0. The number of benzene rings is 1. The van der Waals surface area contributed by atoms with Gasteiger partial charge in [-0.05, 0) is 17.7 Å². The SMILES string of the molecule is COc1cccc(CC(F)(F)F)c1. The minimum Gasteiger partial charge on any atom is -0.497 e. The smallest absolute Gasteiger partial charge is 0.393 e. The molecule has 0 N–H and O–H groups in total. The van der Waals surface area contributed by atoms with Crippen LogP contribution in [0.2, 0.25) is 0 Å². The minimum absolute atomic E-state index is 0.215. The molecule has 1 aromatic rings. The first-order valence-electron chi connectivity index (χ1n) is 3.71. The first-order chi connectivity index (χ1) is 6.01. The topological polar surface area (TPSA) is 9.23 Å². The Labute approximate surface area is 74.1 Å². The van der Waals surface area contributed by atoms with Crippen LogP contribution in [0.15, 0.2) is 24.3 Å². The minimum atomic E-state index is -4.16. The Morgan fingerprint density at radius 3 is 2.54 bits per heavy atom. The third-order valence-electron chi connectivity index (χ3n) is 1.54. The number of alkyl halides is 3. The molecule has 0 spiro atoms. The Balaban J connectivity index is 2.78. The van der Waals surface area contributed by atoms with Crippen LogP contribution in [0.25, 0.3) is 0 Å². The normalized spacial score (nSPS) is 11.4. The molecule has 0 aliphatic carbocycles. The van der Waals surface area contributed by atoms with Crippen LogP contribution in [-0.2, 0) is 6.42 Å². The van der Waals surface area contributed by atoms with E-state index in [9.17, 15) is 13.2 Å². The number of hydrogen-bond donors (Lipinski definition) is 0. The molecule has 0 saturated heterocycles. The van der Waals surface area contributed by atoms with Gasteiger partial charge in [-0.25, -0.2) is 0 Å². The van der Waals surface area contributed by atoms with E-state index in [1.807, 2.05) is 0 Å². The summed E-state index contributed by atoms with van der Waals surface area (Å²) in [6.07, 6.45) is -5.07. The number of ether oxygens (including phenoxy) is 1. The average molecular weight is 190 g/mol. The van der Waals surface area contributed by atoms with Gasteiger partial charge in [0.1, 0.15) is 5.75 Å². The van der Waals surface area contributed by atoms with Gasteiger partial charge in [-0.1, -0.05) is 12.1 Å². The number of methoxy groups -OCH3 is 1. The van der Waals surface area contributed by atoms with Gasteiger partial charge in [0.25, 0.3) is 0 Å². The first kappa shape index (κ1) is 9.89. The molecule has 0 bridgehead atoms. The van der Waals surface area contributed by atoms with Crippen LogP contribution in [0, 0.1) is 0 Å². The predicted octanol–water partition coefficient (Wildman–Crippen LogP) is 2.80. The van der Waals surface area contributed by atoms with Crippen molar-refractivity contribution in [2.75, 3.05) is 7.11 Å². The van der Waals surface area contributed by atoms with Gasteiger partial charge < -0.3 is 4.74 Å². The van der Waals surface area contributed by atoms with Crippen molar-refractivity contribution >= 4 is 0 Å². The molecule has 0 radical (unpaired) electrons. The van der Waals surface area contributed by atoms with Gasteiger partial charge in [-0.3, -0.25) is 0 Å². The molecule has 1 rings (SSSR count). The van der Waals surface area contributed by atoms with Gasteiger partial charge >= 0.3 is 6.18 Å². The van der Waals surface area contributed by atoms with E-state index < -0.39 is 12.6 Å². The predicted molar refractivity (Wildman–Crippen MR) is 42.8 cm³/mol. The molecule has 0 heterocycles. The van der Waals surface area contributed by atoms with E-state index in [4.69, 9.17) is 4.74 Å². The molecule has 0 aliphatic rings. The van der Waals surface area contributed by atoms with Gasteiger partial charge in [-0.2, -0.15) is 13.2 Å². The van der Waals surface area contributed by atoms with Crippen LogP contribution >= 0.6 is 0 Å². The van der Waals surface area contributed by atoms with Crippen molar-refractivity contribution in [3.63, 3.8) is 0 Å². The van der Waals surface area contributed by atoms with Crippen LogP contribution in [0.3, 0.4) is 0 Å². The molecule has 0 saturated carbocycles. The molecule has 0 atom stereocenters. The highest BCUT2D eigenvalue weighted by molar-refractivity contribution is 5.28. The summed E-state index contributed by atoms with van der Waals surface area (Å²) < 4.78 is 40.6. The maximum atomic E-state index is 11.9. The third-order valence-corrected chi connectivity index (χ3v) is 1.54. The van der Waals surface area contributed by atoms with Crippen LogP contribution in [0.5, 0.6) is 5.75 Å². The molecular formula is C9H9F3O. The van der Waals surface area contributed by atoms with E-state index in [0.29, 0.717) is 5.75 Å². The zero-order valence-corrected chi connectivity index (χ0v) is 7.06. The quantitative estimate of drug-likeness (QED) is 0.696. The van der Waals surface area contributed by atoms with Crippen molar-refractivity contribution in [1.29, 1.82) is 0 Å². The summed E-state index contributed by atoms with van der Waals surface area (Å²) in [4.78, 5) is 0. The Morgan fingerprint density at radius 2 is 2.00 bits per heavy atom. The zero-order chi connectivity index (χ0) is 9.90. The molecule has 0 aromatic heterocycles. The van der Waals surface area contributed by atoms with E-state index in [1.165, 1.54) is 19.2 Å². The Bertz CT molecular complexity index is 280. The molecule has 0 aliphatic heterocycles. The second-order valence-electron chi connectivity index (χ2n) is 2.64. The molecule has 72 valence electrons. The van der Waals surface area contributed by atoms with Gasteiger partial charge in [-0.15, -0.1) is 0 Å². The van der Waals surface area contributed by atoms with Gasteiger partial charge in [0.15, 0.2) is 0 Å². The van der Waals surface area contributed by atoms with Crippen molar-refractivity contribution in [2.45, 2.75) is 12.6 Å². The highest BCUT2D eigenvalue weighted by Gasteiger charge is 2.27. The molecule has 1 aromatic carbocycles. The van der Waals surface area contributed by atoms with Gasteiger partial charge in [0.05, 0.1) is 13.5 Å². The standard InChI is InChI=1S/C9H9F3O/c1-13-8-4-2-3-7(5-8)6-9(10,11)12/h2-5H,6H2,1H3.